The minimum Gasteiger partial charge on any atom is -0.404 e. The average molecular weight is 470 g/mol. The van der Waals surface area contributed by atoms with E-state index in [2.05, 4.69) is 16.2 Å². The first kappa shape index (κ1) is 24.3. The zero-order valence-electron chi connectivity index (χ0n) is 18.3. The molecule has 174 valence electrons. The summed E-state index contributed by atoms with van der Waals surface area (Å²) in [6, 6.07) is 8.12. The topological polar surface area (TPSA) is 131 Å². The van der Waals surface area contributed by atoms with Gasteiger partial charge in [0.1, 0.15) is 11.2 Å². The van der Waals surface area contributed by atoms with Crippen molar-refractivity contribution < 1.29 is 14.4 Å². The predicted molar refractivity (Wildman–Crippen MR) is 127 cm³/mol. The van der Waals surface area contributed by atoms with Crippen molar-refractivity contribution >= 4 is 34.5 Å². The lowest BCUT2D eigenvalue weighted by atomic mass is 9.94. The molecule has 8 nitrogen and oxygen atoms in total. The first-order valence-electron chi connectivity index (χ1n) is 10.8. The molecule has 1 aliphatic heterocycles. The smallest absolute Gasteiger partial charge is 0.243 e. The Bertz CT molecular complexity index is 1010. The minimum atomic E-state index is -0.881. The van der Waals surface area contributed by atoms with E-state index in [0.717, 1.165) is 5.56 Å². The molecule has 1 saturated carbocycles. The molecule has 1 heterocycles. The molecular weight excluding hydrogens is 442 g/mol. The highest BCUT2D eigenvalue weighted by molar-refractivity contribution is 6.70. The van der Waals surface area contributed by atoms with Crippen molar-refractivity contribution in [3.05, 3.63) is 47.7 Å². The molecule has 1 aromatic rings. The molecular formula is C24H28ClN5O3. The summed E-state index contributed by atoms with van der Waals surface area (Å²) in [5, 5.41) is 2.84. The van der Waals surface area contributed by atoms with E-state index in [1.165, 1.54) is 6.20 Å². The van der Waals surface area contributed by atoms with Crippen molar-refractivity contribution in [3.8, 4) is 12.3 Å². The van der Waals surface area contributed by atoms with Crippen LogP contribution < -0.4 is 16.8 Å². The second-order valence-corrected chi connectivity index (χ2v) is 8.67. The first-order chi connectivity index (χ1) is 15.8. The molecule has 3 amide bonds. The third-order valence-corrected chi connectivity index (χ3v) is 6.37. The van der Waals surface area contributed by atoms with E-state index in [9.17, 15) is 14.4 Å². The number of nitrogens with one attached hydrogen (secondary N) is 1. The Balaban J connectivity index is 1.73. The van der Waals surface area contributed by atoms with Crippen LogP contribution in [0.4, 0.5) is 0 Å². The van der Waals surface area contributed by atoms with Crippen LogP contribution in [0.15, 0.2) is 47.1 Å². The summed E-state index contributed by atoms with van der Waals surface area (Å²) in [4.78, 5) is 43.6. The summed E-state index contributed by atoms with van der Waals surface area (Å²) in [6.45, 7) is 0.801. The number of rotatable bonds is 9. The van der Waals surface area contributed by atoms with Crippen molar-refractivity contribution in [3.63, 3.8) is 0 Å². The lowest BCUT2D eigenvalue weighted by Crippen LogP contribution is -2.51. The predicted octanol–water partition coefficient (Wildman–Crippen LogP) is 1.43. The highest BCUT2D eigenvalue weighted by Gasteiger charge is 2.57. The molecule has 5 N–H and O–H groups in total. The van der Waals surface area contributed by atoms with Crippen LogP contribution in [-0.2, 0) is 20.9 Å². The number of primary amides is 1. The molecule has 9 heteroatoms. The number of likely N-dealkylation sites (tertiary alicyclic amines) is 1. The molecule has 33 heavy (non-hydrogen) atoms. The zero-order valence-corrected chi connectivity index (χ0v) is 19.1. The fraction of sp³-hybridized carbons (Fsp3) is 0.417. The third kappa shape index (κ3) is 5.55. The van der Waals surface area contributed by atoms with Crippen LogP contribution in [0.1, 0.15) is 37.7 Å². The number of halogens is 1. The van der Waals surface area contributed by atoms with E-state index in [0.29, 0.717) is 44.3 Å². The molecule has 2 aliphatic rings. The Kier molecular flexibility index (Phi) is 7.77. The second-order valence-electron chi connectivity index (χ2n) is 8.31. The minimum absolute atomic E-state index is 0.166. The summed E-state index contributed by atoms with van der Waals surface area (Å²) in [5.74, 6) is 1.14. The number of benzene rings is 1. The van der Waals surface area contributed by atoms with Gasteiger partial charge in [0.2, 0.25) is 17.7 Å². The molecule has 1 aliphatic carbocycles. The summed E-state index contributed by atoms with van der Waals surface area (Å²) in [7, 11) is 0. The maximum absolute atomic E-state index is 13.6. The number of terminal acetylenes is 1. The lowest BCUT2D eigenvalue weighted by Gasteiger charge is -2.29. The molecule has 0 bridgehead atoms. The van der Waals surface area contributed by atoms with Crippen LogP contribution in [0.2, 0.25) is 0 Å². The van der Waals surface area contributed by atoms with Gasteiger partial charge in [-0.2, -0.15) is 0 Å². The molecule has 1 aromatic carbocycles. The number of amides is 3. The monoisotopic (exact) mass is 469 g/mol. The van der Waals surface area contributed by atoms with Crippen molar-refractivity contribution in [2.45, 2.75) is 50.7 Å². The van der Waals surface area contributed by atoms with Gasteiger partial charge in [0, 0.05) is 18.3 Å². The number of carbonyl (C=O) groups excluding carboxylic acids is 3. The highest BCUT2D eigenvalue weighted by Crippen LogP contribution is 2.54. The van der Waals surface area contributed by atoms with E-state index >= 15 is 0 Å². The fourth-order valence-electron chi connectivity index (χ4n) is 4.16. The molecule has 2 fully saturated rings. The van der Waals surface area contributed by atoms with Gasteiger partial charge in [0.15, 0.2) is 0 Å². The number of hydrogen-bond acceptors (Lipinski definition) is 5. The summed E-state index contributed by atoms with van der Waals surface area (Å²) in [6.07, 6.45) is 8.90. The van der Waals surface area contributed by atoms with Crippen LogP contribution in [0.5, 0.6) is 0 Å². The lowest BCUT2D eigenvalue weighted by molar-refractivity contribution is -0.141. The maximum Gasteiger partial charge on any atom is 0.243 e. The summed E-state index contributed by atoms with van der Waals surface area (Å²) >= 11 is 6.49. The Hall–Kier alpha value is -3.31. The van der Waals surface area contributed by atoms with Crippen molar-refractivity contribution in [1.29, 1.82) is 0 Å². The average Bonchev–Trinajstić information content (AvgIpc) is 3.44. The third-order valence-electron chi connectivity index (χ3n) is 6.05. The van der Waals surface area contributed by atoms with E-state index in [1.807, 2.05) is 30.3 Å². The van der Waals surface area contributed by atoms with Gasteiger partial charge in [0.25, 0.3) is 0 Å². The SMILES string of the molecule is C#C[C@H](CC(N)=O)NC(=O)[C@@H]1CCCN1C(=O)C1(/C(=C/N)C(Cl)=NCc2ccccc2)CC1. The molecule has 0 spiro atoms. The number of hydrogen-bond donors (Lipinski definition) is 3. The van der Waals surface area contributed by atoms with Crippen LogP contribution in [0.3, 0.4) is 0 Å². The summed E-state index contributed by atoms with van der Waals surface area (Å²) in [5.41, 5.74) is 11.7. The number of nitrogens with two attached hydrogens (primary N) is 2. The normalized spacial score (nSPS) is 20.6. The zero-order chi connectivity index (χ0) is 24.0. The molecule has 1 saturated heterocycles. The van der Waals surface area contributed by atoms with Crippen LogP contribution in [-0.4, -0.2) is 46.4 Å². The van der Waals surface area contributed by atoms with Gasteiger partial charge in [-0.1, -0.05) is 47.9 Å². The van der Waals surface area contributed by atoms with Gasteiger partial charge in [-0.3, -0.25) is 19.4 Å². The summed E-state index contributed by atoms with van der Waals surface area (Å²) < 4.78 is 0. The van der Waals surface area contributed by atoms with Crippen LogP contribution in [0.25, 0.3) is 0 Å². The van der Waals surface area contributed by atoms with Gasteiger partial charge in [-0.25, -0.2) is 0 Å². The Labute approximate surface area is 198 Å². The fourth-order valence-corrected chi connectivity index (χ4v) is 4.46. The quantitative estimate of drug-likeness (QED) is 0.373. The maximum atomic E-state index is 13.6. The van der Waals surface area contributed by atoms with Crippen LogP contribution >= 0.6 is 11.6 Å². The van der Waals surface area contributed by atoms with Gasteiger partial charge in [0.05, 0.1) is 24.4 Å². The van der Waals surface area contributed by atoms with Gasteiger partial charge >= 0.3 is 0 Å². The molecule has 0 radical (unpaired) electrons. The van der Waals surface area contributed by atoms with Crippen molar-refractivity contribution in [2.75, 3.05) is 6.54 Å². The van der Waals surface area contributed by atoms with Crippen LogP contribution in [0, 0.1) is 17.8 Å². The van der Waals surface area contributed by atoms with E-state index < -0.39 is 29.3 Å². The van der Waals surface area contributed by atoms with E-state index in [4.69, 9.17) is 29.5 Å². The Morgan fingerprint density at radius 1 is 1.33 bits per heavy atom. The molecule has 0 aromatic heterocycles. The van der Waals surface area contributed by atoms with E-state index in [-0.39, 0.29) is 17.5 Å². The largest absolute Gasteiger partial charge is 0.404 e. The number of nitrogens with zero attached hydrogens (tertiary/aromatic N) is 2. The first-order valence-corrected chi connectivity index (χ1v) is 11.2. The molecule has 0 unspecified atom stereocenters. The molecule has 3 rings (SSSR count). The Morgan fingerprint density at radius 3 is 2.61 bits per heavy atom. The second kappa shape index (κ2) is 10.5. The van der Waals surface area contributed by atoms with Gasteiger partial charge < -0.3 is 21.7 Å². The standard InChI is InChI=1S/C24H28ClN5O3/c1-2-17(13-20(27)31)29-22(32)19-9-6-12-30(19)23(33)24(10-11-24)18(14-26)21(25)28-15-16-7-4-3-5-8-16/h1,3-5,7-8,14,17,19H,6,9-13,15,26H2,(H2,27,31)(H,29,32)/b18-14+,28-21?/t17-,19+/m1/s1. The van der Waals surface area contributed by atoms with Gasteiger partial charge in [-0.05, 0) is 31.2 Å². The number of aliphatic imine (C=N–C) groups is 1. The van der Waals surface area contributed by atoms with Gasteiger partial charge in [-0.15, -0.1) is 6.42 Å². The van der Waals surface area contributed by atoms with Crippen molar-refractivity contribution in [1.82, 2.24) is 10.2 Å². The van der Waals surface area contributed by atoms with Crippen molar-refractivity contribution in [2.24, 2.45) is 21.9 Å². The Morgan fingerprint density at radius 2 is 2.03 bits per heavy atom. The number of carbonyl (C=O) groups is 3. The van der Waals surface area contributed by atoms with E-state index in [1.54, 1.807) is 4.90 Å². The molecule has 2 atom stereocenters. The highest BCUT2D eigenvalue weighted by atomic mass is 35.5.